The number of hydrogen-bond acceptors (Lipinski definition) is 5. The maximum atomic E-state index is 12.8. The van der Waals surface area contributed by atoms with E-state index in [0.29, 0.717) is 12.4 Å². The summed E-state index contributed by atoms with van der Waals surface area (Å²) >= 11 is 3.54. The number of rotatable bonds is 6. The zero-order chi connectivity index (χ0) is 22.8. The Morgan fingerprint density at radius 1 is 1.15 bits per heavy atom. The summed E-state index contributed by atoms with van der Waals surface area (Å²) in [5, 5.41) is 0. The van der Waals surface area contributed by atoms with E-state index >= 15 is 0 Å². The van der Waals surface area contributed by atoms with Crippen molar-refractivity contribution in [1.29, 1.82) is 0 Å². The van der Waals surface area contributed by atoms with Crippen molar-refractivity contribution in [1.82, 2.24) is 9.55 Å². The summed E-state index contributed by atoms with van der Waals surface area (Å²) < 4.78 is 20.6. The molecule has 0 aliphatic carbocycles. The number of nitrogens with zero attached hydrogens (tertiary/aromatic N) is 2. The molecule has 1 aliphatic rings. The number of hydrogen-bond donors (Lipinski definition) is 0. The molecule has 1 atom stereocenters. The van der Waals surface area contributed by atoms with Gasteiger partial charge in [0, 0.05) is 27.6 Å². The first-order valence-corrected chi connectivity index (χ1v) is 11.7. The summed E-state index contributed by atoms with van der Waals surface area (Å²) in [6, 6.07) is 21.5. The Kier molecular flexibility index (Phi) is 6.15. The molecule has 3 aromatic carbocycles. The molecule has 0 saturated heterocycles. The van der Waals surface area contributed by atoms with E-state index in [9.17, 15) is 4.79 Å². The molecule has 0 amide bonds. The van der Waals surface area contributed by atoms with Crippen molar-refractivity contribution in [3.63, 3.8) is 0 Å². The number of halogens is 1. The lowest BCUT2D eigenvalue weighted by molar-refractivity contribution is -0.146. The van der Waals surface area contributed by atoms with Gasteiger partial charge in [0.05, 0.1) is 17.6 Å². The van der Waals surface area contributed by atoms with Gasteiger partial charge in [-0.05, 0) is 24.3 Å². The maximum absolute atomic E-state index is 12.8. The van der Waals surface area contributed by atoms with Crippen molar-refractivity contribution in [3.05, 3.63) is 93.7 Å². The Morgan fingerprint density at radius 3 is 2.76 bits per heavy atom. The number of carbonyl (C=O) groups excluding carboxylic acids is 1. The molecule has 4 aromatic rings. The van der Waals surface area contributed by atoms with Crippen LogP contribution >= 0.6 is 15.9 Å². The zero-order valence-electron chi connectivity index (χ0n) is 18.2. The van der Waals surface area contributed by atoms with E-state index < -0.39 is 6.29 Å². The standard InChI is InChI=1S/C26H23BrN2O4/c1-2-23-28-21-10-6-7-11-22(21)29(23)14-24(30)31-15-18-12-20(27)13-19-16-32-26(33-25(18)19)17-8-4-3-5-9-17/h3-13,26H,2,14-16H2,1H3/t26-/m1/s1. The van der Waals surface area contributed by atoms with Gasteiger partial charge in [0.25, 0.3) is 0 Å². The molecule has 0 saturated carbocycles. The molecule has 7 heteroatoms. The molecule has 1 aromatic heterocycles. The van der Waals surface area contributed by atoms with Crippen LogP contribution in [0.3, 0.4) is 0 Å². The number of aromatic nitrogens is 2. The van der Waals surface area contributed by atoms with Crippen LogP contribution in [0.25, 0.3) is 11.0 Å². The highest BCUT2D eigenvalue weighted by Gasteiger charge is 2.25. The van der Waals surface area contributed by atoms with Crippen molar-refractivity contribution < 1.29 is 19.0 Å². The van der Waals surface area contributed by atoms with Crippen molar-refractivity contribution >= 4 is 32.9 Å². The van der Waals surface area contributed by atoms with Gasteiger partial charge in [-0.15, -0.1) is 0 Å². The molecule has 6 nitrogen and oxygen atoms in total. The van der Waals surface area contributed by atoms with Gasteiger partial charge >= 0.3 is 5.97 Å². The summed E-state index contributed by atoms with van der Waals surface area (Å²) in [6.07, 6.45) is 0.231. The number of benzene rings is 3. The number of esters is 1. The Balaban J connectivity index is 1.34. The summed E-state index contributed by atoms with van der Waals surface area (Å²) in [6.45, 7) is 2.66. The smallest absolute Gasteiger partial charge is 0.326 e. The minimum atomic E-state index is -0.501. The van der Waals surface area contributed by atoms with Gasteiger partial charge in [0.2, 0.25) is 6.29 Å². The quantitative estimate of drug-likeness (QED) is 0.313. The van der Waals surface area contributed by atoms with Gasteiger partial charge < -0.3 is 18.8 Å². The van der Waals surface area contributed by atoms with Crippen molar-refractivity contribution in [2.75, 3.05) is 0 Å². The molecular formula is C26H23BrN2O4. The summed E-state index contributed by atoms with van der Waals surface area (Å²) in [5.74, 6) is 1.24. The van der Waals surface area contributed by atoms with Gasteiger partial charge in [-0.3, -0.25) is 4.79 Å². The van der Waals surface area contributed by atoms with Crippen LogP contribution in [0.5, 0.6) is 5.75 Å². The molecule has 0 bridgehead atoms. The molecule has 0 fully saturated rings. The van der Waals surface area contributed by atoms with Crippen molar-refractivity contribution in [3.8, 4) is 5.75 Å². The third-order valence-corrected chi connectivity index (χ3v) is 6.08. The number of imidazole rings is 1. The average molecular weight is 507 g/mol. The van der Waals surface area contributed by atoms with Gasteiger partial charge in [-0.1, -0.05) is 65.3 Å². The van der Waals surface area contributed by atoms with E-state index in [1.165, 1.54) is 0 Å². The fourth-order valence-electron chi connectivity index (χ4n) is 4.06. The number of fused-ring (bicyclic) bond motifs is 2. The minimum absolute atomic E-state index is 0.107. The van der Waals surface area contributed by atoms with Gasteiger partial charge in [0.15, 0.2) is 0 Å². The third kappa shape index (κ3) is 4.51. The van der Waals surface area contributed by atoms with Crippen LogP contribution in [0.2, 0.25) is 0 Å². The second-order valence-electron chi connectivity index (χ2n) is 7.84. The SMILES string of the molecule is CCc1nc2ccccc2n1CC(=O)OCc1cc(Br)cc2c1O[C@H](c1ccccc1)OC2. The van der Waals surface area contributed by atoms with E-state index in [1.807, 2.05) is 78.2 Å². The predicted molar refractivity (Wildman–Crippen MR) is 128 cm³/mol. The molecule has 168 valence electrons. The lowest BCUT2D eigenvalue weighted by Gasteiger charge is -2.28. The number of aryl methyl sites for hydroxylation is 1. The Morgan fingerprint density at radius 2 is 1.94 bits per heavy atom. The van der Waals surface area contributed by atoms with Crippen LogP contribution < -0.4 is 4.74 Å². The third-order valence-electron chi connectivity index (χ3n) is 5.62. The molecule has 1 aliphatic heterocycles. The maximum Gasteiger partial charge on any atom is 0.326 e. The molecule has 33 heavy (non-hydrogen) atoms. The zero-order valence-corrected chi connectivity index (χ0v) is 19.7. The van der Waals surface area contributed by atoms with E-state index in [-0.39, 0.29) is 19.1 Å². The van der Waals surface area contributed by atoms with Crippen molar-refractivity contribution in [2.45, 2.75) is 39.4 Å². The summed E-state index contributed by atoms with van der Waals surface area (Å²) in [7, 11) is 0. The Labute approximate surface area is 200 Å². The first-order valence-electron chi connectivity index (χ1n) is 10.9. The minimum Gasteiger partial charge on any atom is -0.460 e. The number of carbonyl (C=O) groups is 1. The number of para-hydroxylation sites is 2. The van der Waals surface area contributed by atoms with Gasteiger partial charge in [-0.25, -0.2) is 4.98 Å². The molecule has 0 radical (unpaired) electrons. The largest absolute Gasteiger partial charge is 0.460 e. The lowest BCUT2D eigenvalue weighted by Crippen LogP contribution is -2.20. The lowest BCUT2D eigenvalue weighted by atomic mass is 10.1. The van der Waals surface area contributed by atoms with Crippen molar-refractivity contribution in [2.24, 2.45) is 0 Å². The second kappa shape index (κ2) is 9.37. The van der Waals surface area contributed by atoms with Crippen LogP contribution in [0, 0.1) is 0 Å². The van der Waals surface area contributed by atoms with Crippen LogP contribution in [0.15, 0.2) is 71.2 Å². The highest BCUT2D eigenvalue weighted by atomic mass is 79.9. The predicted octanol–water partition coefficient (Wildman–Crippen LogP) is 5.71. The first-order chi connectivity index (χ1) is 16.1. The summed E-state index contributed by atoms with van der Waals surface area (Å²) in [4.78, 5) is 17.4. The normalized spacial score (nSPS) is 15.2. The van der Waals surface area contributed by atoms with Gasteiger partial charge in [0.1, 0.15) is 24.7 Å². The van der Waals surface area contributed by atoms with E-state index in [4.69, 9.17) is 14.2 Å². The Bertz CT molecular complexity index is 1300. The molecule has 5 rings (SSSR count). The van der Waals surface area contributed by atoms with Crippen LogP contribution in [-0.4, -0.2) is 15.5 Å². The average Bonchev–Trinajstić information content (AvgIpc) is 3.20. The topological polar surface area (TPSA) is 62.6 Å². The monoisotopic (exact) mass is 506 g/mol. The van der Waals surface area contributed by atoms with Crippen LogP contribution in [-0.2, 0) is 40.4 Å². The first kappa shape index (κ1) is 21.7. The van der Waals surface area contributed by atoms with E-state index in [1.54, 1.807) is 0 Å². The summed E-state index contributed by atoms with van der Waals surface area (Å²) in [5.41, 5.74) is 4.45. The number of ether oxygens (including phenoxy) is 3. The molecule has 0 unspecified atom stereocenters. The molecular weight excluding hydrogens is 484 g/mol. The second-order valence-corrected chi connectivity index (χ2v) is 8.76. The Hall–Kier alpha value is -3.16. The fraction of sp³-hybridized carbons (Fsp3) is 0.231. The fourth-order valence-corrected chi connectivity index (χ4v) is 4.62. The van der Waals surface area contributed by atoms with E-state index in [0.717, 1.165) is 44.4 Å². The highest BCUT2D eigenvalue weighted by Crippen LogP contribution is 2.38. The van der Waals surface area contributed by atoms with Gasteiger partial charge in [-0.2, -0.15) is 0 Å². The molecule has 0 N–H and O–H groups in total. The van der Waals surface area contributed by atoms with Crippen LogP contribution in [0.1, 0.15) is 35.7 Å². The molecule has 2 heterocycles. The highest BCUT2D eigenvalue weighted by molar-refractivity contribution is 9.10. The van der Waals surface area contributed by atoms with E-state index in [2.05, 4.69) is 20.9 Å². The molecule has 0 spiro atoms. The van der Waals surface area contributed by atoms with Crippen LogP contribution in [0.4, 0.5) is 0 Å².